The van der Waals surface area contributed by atoms with Crippen LogP contribution in [0.4, 0.5) is 5.82 Å². The molecule has 1 aromatic carbocycles. The van der Waals surface area contributed by atoms with Crippen molar-refractivity contribution in [3.63, 3.8) is 0 Å². The smallest absolute Gasteiger partial charge is 0.253 e. The summed E-state index contributed by atoms with van der Waals surface area (Å²) in [6, 6.07) is 4.78. The van der Waals surface area contributed by atoms with Crippen LogP contribution in [0, 0.1) is 20.8 Å². The number of hydrogen-bond acceptors (Lipinski definition) is 7. The van der Waals surface area contributed by atoms with Crippen molar-refractivity contribution in [3.05, 3.63) is 40.6 Å². The summed E-state index contributed by atoms with van der Waals surface area (Å²) < 4.78 is 31.9. The first kappa shape index (κ1) is 22.9. The van der Waals surface area contributed by atoms with E-state index in [4.69, 9.17) is 4.52 Å². The number of aromatic nitrogens is 1. The van der Waals surface area contributed by atoms with Crippen molar-refractivity contribution < 1.29 is 22.5 Å². The van der Waals surface area contributed by atoms with Gasteiger partial charge in [0.05, 0.1) is 11.4 Å². The van der Waals surface area contributed by atoms with Crippen LogP contribution in [-0.4, -0.2) is 75.0 Å². The summed E-state index contributed by atoms with van der Waals surface area (Å²) in [7, 11) is -2.32. The first-order chi connectivity index (χ1) is 14.6. The molecule has 2 aromatic rings. The number of amides is 2. The minimum atomic E-state index is -3.67. The Balaban J connectivity index is 1.62. The molecule has 0 aliphatic carbocycles. The summed E-state index contributed by atoms with van der Waals surface area (Å²) >= 11 is 0. The summed E-state index contributed by atoms with van der Waals surface area (Å²) in [6.45, 7) is 7.37. The third-order valence-corrected chi connectivity index (χ3v) is 6.89. The number of nitrogens with zero attached hydrogens (tertiary/aromatic N) is 3. The molecule has 31 heavy (non-hydrogen) atoms. The summed E-state index contributed by atoms with van der Waals surface area (Å²) in [6.07, 6.45) is 0. The van der Waals surface area contributed by atoms with E-state index in [0.717, 1.165) is 5.56 Å². The lowest BCUT2D eigenvalue weighted by molar-refractivity contribution is -0.117. The molecular formula is C20H27N5O5S. The number of nitrogens with one attached hydrogen (secondary N) is 2. The van der Waals surface area contributed by atoms with E-state index in [0.29, 0.717) is 48.9 Å². The Morgan fingerprint density at radius 1 is 1.10 bits per heavy atom. The highest BCUT2D eigenvalue weighted by Crippen LogP contribution is 2.22. The van der Waals surface area contributed by atoms with Crippen molar-refractivity contribution in [1.29, 1.82) is 0 Å². The summed E-state index contributed by atoms with van der Waals surface area (Å²) in [5, 5.41) is 6.41. The summed E-state index contributed by atoms with van der Waals surface area (Å²) in [4.78, 5) is 28.9. The summed E-state index contributed by atoms with van der Waals surface area (Å²) in [5.74, 6) is 0.555. The van der Waals surface area contributed by atoms with Crippen LogP contribution in [0.25, 0.3) is 0 Å². The number of anilines is 1. The number of rotatable bonds is 6. The maximum absolute atomic E-state index is 13.0. The van der Waals surface area contributed by atoms with Crippen molar-refractivity contribution in [2.45, 2.75) is 25.7 Å². The molecule has 3 rings (SSSR count). The molecule has 0 bridgehead atoms. The first-order valence-corrected chi connectivity index (χ1v) is 11.4. The van der Waals surface area contributed by atoms with E-state index in [1.807, 2.05) is 4.90 Å². The van der Waals surface area contributed by atoms with Gasteiger partial charge in [0, 0.05) is 37.8 Å². The van der Waals surface area contributed by atoms with E-state index in [1.54, 1.807) is 37.8 Å². The van der Waals surface area contributed by atoms with E-state index in [9.17, 15) is 18.0 Å². The lowest BCUT2D eigenvalue weighted by Gasteiger charge is -2.34. The van der Waals surface area contributed by atoms with Gasteiger partial charge in [-0.2, -0.15) is 0 Å². The van der Waals surface area contributed by atoms with Gasteiger partial charge >= 0.3 is 0 Å². The van der Waals surface area contributed by atoms with Crippen LogP contribution in [-0.2, 0) is 14.8 Å². The molecule has 0 unspecified atom stereocenters. The number of benzene rings is 1. The lowest BCUT2D eigenvalue weighted by Crippen LogP contribution is -2.50. The number of carbonyl (C=O) groups excluding carboxylic acids is 2. The topological polar surface area (TPSA) is 125 Å². The first-order valence-electron chi connectivity index (χ1n) is 9.90. The maximum Gasteiger partial charge on any atom is 0.253 e. The zero-order chi connectivity index (χ0) is 22.8. The number of carbonyl (C=O) groups is 2. The monoisotopic (exact) mass is 449 g/mol. The molecule has 2 heterocycles. The zero-order valence-corrected chi connectivity index (χ0v) is 18.9. The van der Waals surface area contributed by atoms with Crippen molar-refractivity contribution in [2.24, 2.45) is 0 Å². The Morgan fingerprint density at radius 2 is 1.77 bits per heavy atom. The van der Waals surface area contributed by atoms with Gasteiger partial charge in [-0.15, -0.1) is 0 Å². The van der Waals surface area contributed by atoms with Crippen LogP contribution < -0.4 is 10.0 Å². The highest BCUT2D eigenvalue weighted by Gasteiger charge is 2.26. The molecule has 0 radical (unpaired) electrons. The van der Waals surface area contributed by atoms with E-state index in [1.165, 1.54) is 13.1 Å². The van der Waals surface area contributed by atoms with Gasteiger partial charge in [-0.05, 0) is 51.1 Å². The molecular weight excluding hydrogens is 422 g/mol. The van der Waals surface area contributed by atoms with Crippen LogP contribution in [0.1, 0.15) is 27.2 Å². The van der Waals surface area contributed by atoms with E-state index < -0.39 is 10.0 Å². The minimum absolute atomic E-state index is 0.108. The zero-order valence-electron chi connectivity index (χ0n) is 18.1. The molecule has 1 fully saturated rings. The fraction of sp³-hybridized carbons (Fsp3) is 0.450. The number of hydrogen-bond donors (Lipinski definition) is 2. The molecule has 2 amide bonds. The number of piperazine rings is 1. The second-order valence-corrected chi connectivity index (χ2v) is 9.42. The Bertz CT molecular complexity index is 1090. The average molecular weight is 450 g/mol. The summed E-state index contributed by atoms with van der Waals surface area (Å²) in [5.41, 5.74) is 1.69. The van der Waals surface area contributed by atoms with Crippen LogP contribution in [0.3, 0.4) is 0 Å². The number of sulfonamides is 1. The molecule has 2 N–H and O–H groups in total. The Morgan fingerprint density at radius 3 is 2.35 bits per heavy atom. The van der Waals surface area contributed by atoms with E-state index in [2.05, 4.69) is 15.2 Å². The van der Waals surface area contributed by atoms with Gasteiger partial charge in [-0.25, -0.2) is 13.1 Å². The second kappa shape index (κ2) is 9.16. The SMILES string of the molecule is CNS(=O)(=O)c1cc(C(=O)N2CCN(CC(=O)Nc3cc(C)on3)CC2)cc(C)c1C. The molecule has 10 nitrogen and oxygen atoms in total. The van der Waals surface area contributed by atoms with Gasteiger partial charge in [0.15, 0.2) is 5.82 Å². The molecule has 0 spiro atoms. The van der Waals surface area contributed by atoms with Crippen LogP contribution in [0.15, 0.2) is 27.6 Å². The average Bonchev–Trinajstić information content (AvgIpc) is 3.14. The van der Waals surface area contributed by atoms with Gasteiger partial charge in [0.25, 0.3) is 5.91 Å². The number of aryl methyl sites for hydroxylation is 2. The molecule has 11 heteroatoms. The Kier molecular flexibility index (Phi) is 6.77. The van der Waals surface area contributed by atoms with Crippen LogP contribution in [0.2, 0.25) is 0 Å². The Hall–Kier alpha value is -2.76. The van der Waals surface area contributed by atoms with Crippen molar-refractivity contribution in [3.8, 4) is 0 Å². The second-order valence-electron chi connectivity index (χ2n) is 7.56. The van der Waals surface area contributed by atoms with E-state index >= 15 is 0 Å². The molecule has 1 aliphatic rings. The van der Waals surface area contributed by atoms with E-state index in [-0.39, 0.29) is 23.3 Å². The highest BCUT2D eigenvalue weighted by atomic mass is 32.2. The molecule has 168 valence electrons. The van der Waals surface area contributed by atoms with Crippen LogP contribution >= 0.6 is 0 Å². The van der Waals surface area contributed by atoms with Gasteiger partial charge in [-0.3, -0.25) is 14.5 Å². The van der Waals surface area contributed by atoms with Gasteiger partial charge in [-0.1, -0.05) is 5.16 Å². The van der Waals surface area contributed by atoms with Crippen molar-refractivity contribution >= 4 is 27.7 Å². The molecule has 1 aromatic heterocycles. The lowest BCUT2D eigenvalue weighted by atomic mass is 10.0. The standard InChI is InChI=1S/C20H27N5O5S/c1-13-9-16(11-17(15(13)3)31(28,29)21-4)20(27)25-7-5-24(6-8-25)12-19(26)22-18-10-14(2)30-23-18/h9-11,21H,5-8,12H2,1-4H3,(H,22,23,26). The maximum atomic E-state index is 13.0. The largest absolute Gasteiger partial charge is 0.360 e. The van der Waals surface area contributed by atoms with Gasteiger partial charge < -0.3 is 14.7 Å². The molecule has 1 saturated heterocycles. The normalized spacial score (nSPS) is 15.2. The Labute approximate surface area is 181 Å². The van der Waals surface area contributed by atoms with Gasteiger partial charge in [0.2, 0.25) is 15.9 Å². The van der Waals surface area contributed by atoms with Gasteiger partial charge in [0.1, 0.15) is 5.76 Å². The fourth-order valence-electron chi connectivity index (χ4n) is 3.44. The quantitative estimate of drug-likeness (QED) is 0.671. The van der Waals surface area contributed by atoms with Crippen molar-refractivity contribution in [1.82, 2.24) is 19.7 Å². The molecule has 0 saturated carbocycles. The van der Waals surface area contributed by atoms with Crippen LogP contribution in [0.5, 0.6) is 0 Å². The predicted octanol–water partition coefficient (Wildman–Crippen LogP) is 0.904. The van der Waals surface area contributed by atoms with Crippen molar-refractivity contribution in [2.75, 3.05) is 45.1 Å². The minimum Gasteiger partial charge on any atom is -0.360 e. The molecule has 1 aliphatic heterocycles. The third kappa shape index (κ3) is 5.30. The third-order valence-electron chi connectivity index (χ3n) is 5.35. The fourth-order valence-corrected chi connectivity index (χ4v) is 4.51. The highest BCUT2D eigenvalue weighted by molar-refractivity contribution is 7.89. The molecule has 0 atom stereocenters. The predicted molar refractivity (Wildman–Crippen MR) is 114 cm³/mol.